The fourth-order valence-corrected chi connectivity index (χ4v) is 3.19. The van der Waals surface area contributed by atoms with E-state index in [4.69, 9.17) is 4.74 Å². The number of ether oxygens (including phenoxy) is 1. The van der Waals surface area contributed by atoms with Crippen molar-refractivity contribution in [2.75, 3.05) is 13.2 Å². The number of nitrogens with one attached hydrogen (secondary N) is 2. The van der Waals surface area contributed by atoms with E-state index < -0.39 is 6.10 Å². The van der Waals surface area contributed by atoms with Gasteiger partial charge in [0, 0.05) is 18.7 Å². The summed E-state index contributed by atoms with van der Waals surface area (Å²) in [6, 6.07) is 13.7. The van der Waals surface area contributed by atoms with Crippen LogP contribution in [0.2, 0.25) is 0 Å². The van der Waals surface area contributed by atoms with Crippen LogP contribution in [0.15, 0.2) is 47.3 Å². The first-order chi connectivity index (χ1) is 12.9. The summed E-state index contributed by atoms with van der Waals surface area (Å²) in [4.78, 5) is 15.3. The molecule has 27 heavy (non-hydrogen) atoms. The third kappa shape index (κ3) is 4.96. The lowest BCUT2D eigenvalue weighted by Crippen LogP contribution is -2.32. The van der Waals surface area contributed by atoms with Gasteiger partial charge in [0.1, 0.15) is 18.5 Å². The first-order valence-corrected chi connectivity index (χ1v) is 9.14. The number of hydrogen-bond acceptors (Lipinski definition) is 4. The zero-order valence-corrected chi connectivity index (χ0v) is 16.0. The number of rotatable bonds is 7. The molecule has 2 aromatic carbocycles. The molecule has 1 unspecified atom stereocenters. The maximum atomic E-state index is 12.3. The number of fused-ring (bicyclic) bond motifs is 1. The standard InChI is InChI=1S/C22H26N2O3/c1-14-5-4-6-20(9-14)27-13-19(25)12-23-11-18-10-17-8-15(2)7-16(3)21(17)24-22(18)26/h4-10,19,23,25H,11-13H2,1-3H3,(H,24,26). The lowest BCUT2D eigenvalue weighted by Gasteiger charge is -2.14. The third-order valence-corrected chi connectivity index (χ3v) is 4.50. The third-order valence-electron chi connectivity index (χ3n) is 4.50. The summed E-state index contributed by atoms with van der Waals surface area (Å²) >= 11 is 0. The van der Waals surface area contributed by atoms with Crippen LogP contribution in [0.25, 0.3) is 10.9 Å². The molecule has 0 aliphatic heterocycles. The molecule has 5 heteroatoms. The Morgan fingerprint density at radius 2 is 1.93 bits per heavy atom. The van der Waals surface area contributed by atoms with Gasteiger partial charge < -0.3 is 20.1 Å². The van der Waals surface area contributed by atoms with E-state index in [1.807, 2.05) is 51.1 Å². The van der Waals surface area contributed by atoms with Crippen LogP contribution in [-0.4, -0.2) is 29.3 Å². The van der Waals surface area contributed by atoms with E-state index in [2.05, 4.69) is 22.4 Å². The van der Waals surface area contributed by atoms with Gasteiger partial charge in [-0.05, 0) is 61.5 Å². The van der Waals surface area contributed by atoms with E-state index >= 15 is 0 Å². The molecule has 0 radical (unpaired) electrons. The number of H-pyrrole nitrogens is 1. The fraction of sp³-hybridized carbons (Fsp3) is 0.318. The van der Waals surface area contributed by atoms with Gasteiger partial charge in [0.2, 0.25) is 0 Å². The predicted octanol–water partition coefficient (Wildman–Crippen LogP) is 2.98. The van der Waals surface area contributed by atoms with E-state index in [1.165, 1.54) is 0 Å². The van der Waals surface area contributed by atoms with Crippen molar-refractivity contribution in [3.63, 3.8) is 0 Å². The van der Waals surface area contributed by atoms with Crippen LogP contribution in [-0.2, 0) is 6.54 Å². The number of pyridine rings is 1. The molecular weight excluding hydrogens is 340 g/mol. The maximum Gasteiger partial charge on any atom is 0.252 e. The molecule has 1 atom stereocenters. The van der Waals surface area contributed by atoms with Crippen molar-refractivity contribution in [1.29, 1.82) is 0 Å². The van der Waals surface area contributed by atoms with Gasteiger partial charge in [0.15, 0.2) is 0 Å². The molecule has 0 fully saturated rings. The van der Waals surface area contributed by atoms with E-state index in [-0.39, 0.29) is 12.2 Å². The molecular formula is C22H26N2O3. The monoisotopic (exact) mass is 366 g/mol. The summed E-state index contributed by atoms with van der Waals surface area (Å²) in [5.41, 5.74) is 4.76. The van der Waals surface area contributed by atoms with Gasteiger partial charge in [-0.3, -0.25) is 4.79 Å². The zero-order valence-electron chi connectivity index (χ0n) is 16.0. The Kier molecular flexibility index (Phi) is 5.94. The van der Waals surface area contributed by atoms with Gasteiger partial charge in [-0.15, -0.1) is 0 Å². The summed E-state index contributed by atoms with van der Waals surface area (Å²) in [6.07, 6.45) is -0.658. The predicted molar refractivity (Wildman–Crippen MR) is 108 cm³/mol. The largest absolute Gasteiger partial charge is 0.491 e. The van der Waals surface area contributed by atoms with E-state index in [0.717, 1.165) is 33.3 Å². The number of benzene rings is 2. The average molecular weight is 366 g/mol. The van der Waals surface area contributed by atoms with Crippen LogP contribution in [0.1, 0.15) is 22.3 Å². The summed E-state index contributed by atoms with van der Waals surface area (Å²) in [5.74, 6) is 0.741. The molecule has 1 aromatic heterocycles. The summed E-state index contributed by atoms with van der Waals surface area (Å²) in [6.45, 7) is 6.96. The summed E-state index contributed by atoms with van der Waals surface area (Å²) < 4.78 is 5.60. The highest BCUT2D eigenvalue weighted by atomic mass is 16.5. The van der Waals surface area contributed by atoms with Crippen LogP contribution in [0.4, 0.5) is 0 Å². The highest BCUT2D eigenvalue weighted by molar-refractivity contribution is 5.82. The Morgan fingerprint density at radius 1 is 1.11 bits per heavy atom. The topological polar surface area (TPSA) is 74.3 Å². The van der Waals surface area contributed by atoms with E-state index in [9.17, 15) is 9.90 Å². The van der Waals surface area contributed by atoms with Crippen LogP contribution in [0.5, 0.6) is 5.75 Å². The molecule has 5 nitrogen and oxygen atoms in total. The van der Waals surface area contributed by atoms with Crippen LogP contribution in [0.3, 0.4) is 0 Å². The molecule has 1 heterocycles. The second-order valence-electron chi connectivity index (χ2n) is 7.08. The Hall–Kier alpha value is -2.63. The molecule has 0 amide bonds. The molecule has 0 saturated carbocycles. The quantitative estimate of drug-likeness (QED) is 0.601. The van der Waals surface area contributed by atoms with Gasteiger partial charge in [-0.2, -0.15) is 0 Å². The highest BCUT2D eigenvalue weighted by Gasteiger charge is 2.08. The van der Waals surface area contributed by atoms with Crippen molar-refractivity contribution in [3.05, 3.63) is 75.1 Å². The van der Waals surface area contributed by atoms with Crippen LogP contribution >= 0.6 is 0 Å². The molecule has 3 N–H and O–H groups in total. The minimum Gasteiger partial charge on any atom is -0.491 e. The first-order valence-electron chi connectivity index (χ1n) is 9.14. The van der Waals surface area contributed by atoms with Crippen molar-refractivity contribution >= 4 is 10.9 Å². The Morgan fingerprint density at radius 3 is 2.70 bits per heavy atom. The highest BCUT2D eigenvalue weighted by Crippen LogP contribution is 2.18. The smallest absolute Gasteiger partial charge is 0.252 e. The normalized spacial score (nSPS) is 12.3. The molecule has 0 spiro atoms. The summed E-state index contributed by atoms with van der Waals surface area (Å²) in [5, 5.41) is 14.3. The van der Waals surface area contributed by atoms with Crippen molar-refractivity contribution in [3.8, 4) is 5.75 Å². The summed E-state index contributed by atoms with van der Waals surface area (Å²) in [7, 11) is 0. The Balaban J connectivity index is 1.56. The number of aryl methyl sites for hydroxylation is 3. The molecule has 0 saturated heterocycles. The average Bonchev–Trinajstić information content (AvgIpc) is 2.61. The first kappa shape index (κ1) is 19.1. The van der Waals surface area contributed by atoms with Crippen LogP contribution < -0.4 is 15.6 Å². The van der Waals surface area contributed by atoms with E-state index in [0.29, 0.717) is 18.7 Å². The molecule has 3 rings (SSSR count). The van der Waals surface area contributed by atoms with Gasteiger partial charge in [-0.25, -0.2) is 0 Å². The van der Waals surface area contributed by atoms with Gasteiger partial charge >= 0.3 is 0 Å². The minimum atomic E-state index is -0.658. The Labute approximate surface area is 159 Å². The molecule has 0 aliphatic carbocycles. The Bertz CT molecular complexity index is 995. The second-order valence-corrected chi connectivity index (χ2v) is 7.08. The number of aromatic amines is 1. The van der Waals surface area contributed by atoms with Crippen molar-refractivity contribution in [1.82, 2.24) is 10.3 Å². The van der Waals surface area contributed by atoms with Crippen LogP contribution in [0, 0.1) is 20.8 Å². The number of aliphatic hydroxyl groups excluding tert-OH is 1. The molecule has 3 aromatic rings. The van der Waals surface area contributed by atoms with E-state index in [1.54, 1.807) is 0 Å². The maximum absolute atomic E-state index is 12.3. The SMILES string of the molecule is Cc1cccc(OCC(O)CNCc2cc3cc(C)cc(C)c3[nH]c2=O)c1. The van der Waals surface area contributed by atoms with Crippen molar-refractivity contribution in [2.45, 2.75) is 33.4 Å². The van der Waals surface area contributed by atoms with Crippen molar-refractivity contribution < 1.29 is 9.84 Å². The minimum absolute atomic E-state index is 0.104. The second kappa shape index (κ2) is 8.37. The zero-order chi connectivity index (χ0) is 19.4. The lowest BCUT2D eigenvalue weighted by atomic mass is 10.1. The molecule has 0 bridgehead atoms. The fourth-order valence-electron chi connectivity index (χ4n) is 3.19. The molecule has 142 valence electrons. The molecule has 0 aliphatic rings. The lowest BCUT2D eigenvalue weighted by molar-refractivity contribution is 0.106. The van der Waals surface area contributed by atoms with Crippen molar-refractivity contribution in [2.24, 2.45) is 0 Å². The van der Waals surface area contributed by atoms with Gasteiger partial charge in [0.25, 0.3) is 5.56 Å². The number of aliphatic hydroxyl groups is 1. The number of aromatic nitrogens is 1. The number of hydrogen-bond donors (Lipinski definition) is 3. The van der Waals surface area contributed by atoms with Gasteiger partial charge in [0.05, 0.1) is 5.52 Å². The van der Waals surface area contributed by atoms with Gasteiger partial charge in [-0.1, -0.05) is 23.8 Å².